The molecule has 0 radical (unpaired) electrons. The van der Waals surface area contributed by atoms with Crippen LogP contribution in [0.2, 0.25) is 0 Å². The van der Waals surface area contributed by atoms with E-state index >= 15 is 0 Å². The molecule has 1 saturated heterocycles. The van der Waals surface area contributed by atoms with Crippen LogP contribution < -0.4 is 0 Å². The van der Waals surface area contributed by atoms with Gasteiger partial charge in [0.05, 0.1) is 6.10 Å². The Bertz CT molecular complexity index is 625. The van der Waals surface area contributed by atoms with E-state index in [2.05, 4.69) is 43.0 Å². The van der Waals surface area contributed by atoms with Crippen molar-refractivity contribution in [2.75, 3.05) is 13.1 Å². The lowest BCUT2D eigenvalue weighted by Gasteiger charge is -2.22. The Kier molecular flexibility index (Phi) is 5.14. The van der Waals surface area contributed by atoms with Crippen LogP contribution in [-0.2, 0) is 0 Å². The molecule has 3 rings (SSSR count). The van der Waals surface area contributed by atoms with Gasteiger partial charge in [0.15, 0.2) is 0 Å². The van der Waals surface area contributed by atoms with E-state index in [9.17, 15) is 5.11 Å². The Morgan fingerprint density at radius 2 is 1.78 bits per heavy atom. The monoisotopic (exact) mass is 309 g/mol. The van der Waals surface area contributed by atoms with Crippen molar-refractivity contribution < 1.29 is 5.11 Å². The van der Waals surface area contributed by atoms with E-state index in [4.69, 9.17) is 0 Å². The minimum Gasteiger partial charge on any atom is -0.388 e. The summed E-state index contributed by atoms with van der Waals surface area (Å²) in [6, 6.07) is 19.3. The maximum Gasteiger partial charge on any atom is 0.0802 e. The van der Waals surface area contributed by atoms with E-state index in [0.717, 1.165) is 25.1 Å². The van der Waals surface area contributed by atoms with Crippen molar-refractivity contribution in [3.63, 3.8) is 0 Å². The Hall–Kier alpha value is -1.64. The molecule has 0 bridgehead atoms. The molecular formula is C21H27NO. The lowest BCUT2D eigenvalue weighted by atomic mass is 9.93. The van der Waals surface area contributed by atoms with Crippen LogP contribution in [0.25, 0.3) is 0 Å². The van der Waals surface area contributed by atoms with Gasteiger partial charge < -0.3 is 5.11 Å². The molecule has 2 nitrogen and oxygen atoms in total. The van der Waals surface area contributed by atoms with Crippen molar-refractivity contribution in [1.82, 2.24) is 4.90 Å². The third-order valence-corrected chi connectivity index (χ3v) is 5.21. The third-order valence-electron chi connectivity index (χ3n) is 5.21. The quantitative estimate of drug-likeness (QED) is 0.890. The lowest BCUT2D eigenvalue weighted by molar-refractivity contribution is 0.140. The van der Waals surface area contributed by atoms with Crippen LogP contribution in [0.5, 0.6) is 0 Å². The Labute approximate surface area is 139 Å². The number of aliphatic hydroxyl groups is 1. The van der Waals surface area contributed by atoms with Crippen molar-refractivity contribution in [3.05, 3.63) is 71.3 Å². The molecular weight excluding hydrogens is 282 g/mol. The summed E-state index contributed by atoms with van der Waals surface area (Å²) in [5.74, 6) is 0.625. The molecule has 0 unspecified atom stereocenters. The van der Waals surface area contributed by atoms with Gasteiger partial charge in [-0.2, -0.15) is 0 Å². The van der Waals surface area contributed by atoms with Crippen LogP contribution in [-0.4, -0.2) is 29.1 Å². The summed E-state index contributed by atoms with van der Waals surface area (Å²) < 4.78 is 0. The molecule has 23 heavy (non-hydrogen) atoms. The fourth-order valence-electron chi connectivity index (χ4n) is 3.81. The average Bonchev–Trinajstić information content (AvgIpc) is 2.94. The highest BCUT2D eigenvalue weighted by Gasteiger charge is 2.30. The second-order valence-electron chi connectivity index (χ2n) is 6.85. The predicted molar refractivity (Wildman–Crippen MR) is 95.6 cm³/mol. The fraction of sp³-hybridized carbons (Fsp3) is 0.429. The second kappa shape index (κ2) is 7.29. The molecule has 0 spiro atoms. The van der Waals surface area contributed by atoms with E-state index in [1.165, 1.54) is 17.5 Å². The SMILES string of the molecule is Cc1ccccc1[C@@H]1C[C@H](C)N(CC[C@@H](O)c2ccccc2)C1. The summed E-state index contributed by atoms with van der Waals surface area (Å²) in [4.78, 5) is 2.53. The minimum atomic E-state index is -0.360. The number of benzene rings is 2. The van der Waals surface area contributed by atoms with Crippen molar-refractivity contribution in [3.8, 4) is 0 Å². The number of rotatable bonds is 5. The van der Waals surface area contributed by atoms with Crippen LogP contribution in [0.4, 0.5) is 0 Å². The molecule has 1 fully saturated rings. The molecule has 1 aliphatic heterocycles. The normalized spacial score (nSPS) is 23.1. The highest BCUT2D eigenvalue weighted by Crippen LogP contribution is 2.33. The van der Waals surface area contributed by atoms with Crippen molar-refractivity contribution in [2.45, 2.75) is 44.8 Å². The number of hydrogen-bond acceptors (Lipinski definition) is 2. The summed E-state index contributed by atoms with van der Waals surface area (Å²) in [5.41, 5.74) is 3.91. The second-order valence-corrected chi connectivity index (χ2v) is 6.85. The molecule has 1 heterocycles. The Morgan fingerprint density at radius 3 is 2.52 bits per heavy atom. The molecule has 0 saturated carbocycles. The van der Waals surface area contributed by atoms with Crippen molar-refractivity contribution in [2.24, 2.45) is 0 Å². The first kappa shape index (κ1) is 16.2. The third kappa shape index (κ3) is 3.82. The van der Waals surface area contributed by atoms with Crippen LogP contribution in [0.3, 0.4) is 0 Å². The van der Waals surface area contributed by atoms with Gasteiger partial charge in [0.2, 0.25) is 0 Å². The molecule has 2 heteroatoms. The first-order valence-corrected chi connectivity index (χ1v) is 8.67. The van der Waals surface area contributed by atoms with Gasteiger partial charge in [-0.1, -0.05) is 54.6 Å². The van der Waals surface area contributed by atoms with Gasteiger partial charge >= 0.3 is 0 Å². The van der Waals surface area contributed by atoms with Crippen LogP contribution in [0.1, 0.15) is 48.5 Å². The smallest absolute Gasteiger partial charge is 0.0802 e. The maximum absolute atomic E-state index is 10.4. The largest absolute Gasteiger partial charge is 0.388 e. The first-order valence-electron chi connectivity index (χ1n) is 8.67. The Balaban J connectivity index is 1.58. The summed E-state index contributed by atoms with van der Waals surface area (Å²) in [7, 11) is 0. The predicted octanol–water partition coefficient (Wildman–Crippen LogP) is 4.30. The molecule has 2 aromatic rings. The summed E-state index contributed by atoms with van der Waals surface area (Å²) in [5, 5.41) is 10.4. The van der Waals surface area contributed by atoms with Crippen molar-refractivity contribution in [1.29, 1.82) is 0 Å². The van der Waals surface area contributed by atoms with Crippen molar-refractivity contribution >= 4 is 0 Å². The van der Waals surface area contributed by atoms with Crippen LogP contribution >= 0.6 is 0 Å². The Morgan fingerprint density at radius 1 is 1.09 bits per heavy atom. The maximum atomic E-state index is 10.4. The minimum absolute atomic E-state index is 0.360. The van der Waals surface area contributed by atoms with Gasteiger partial charge in [-0.3, -0.25) is 4.90 Å². The van der Waals surface area contributed by atoms with Gasteiger partial charge in [0, 0.05) is 19.1 Å². The van der Waals surface area contributed by atoms with Gasteiger partial charge in [-0.25, -0.2) is 0 Å². The lowest BCUT2D eigenvalue weighted by Crippen LogP contribution is -2.29. The number of likely N-dealkylation sites (tertiary alicyclic amines) is 1. The molecule has 0 aromatic heterocycles. The number of nitrogens with zero attached hydrogens (tertiary/aromatic N) is 1. The van der Waals surface area contributed by atoms with Gasteiger partial charge in [-0.15, -0.1) is 0 Å². The molecule has 0 amide bonds. The number of aliphatic hydroxyl groups excluding tert-OH is 1. The molecule has 1 N–H and O–H groups in total. The zero-order chi connectivity index (χ0) is 16.2. The fourth-order valence-corrected chi connectivity index (χ4v) is 3.81. The molecule has 122 valence electrons. The number of aryl methyl sites for hydroxylation is 1. The average molecular weight is 309 g/mol. The molecule has 3 atom stereocenters. The topological polar surface area (TPSA) is 23.5 Å². The van der Waals surface area contributed by atoms with E-state index < -0.39 is 0 Å². The highest BCUT2D eigenvalue weighted by molar-refractivity contribution is 5.30. The van der Waals surface area contributed by atoms with Gasteiger partial charge in [0.1, 0.15) is 0 Å². The first-order chi connectivity index (χ1) is 11.1. The van der Waals surface area contributed by atoms with E-state index in [1.807, 2.05) is 30.3 Å². The zero-order valence-electron chi connectivity index (χ0n) is 14.2. The van der Waals surface area contributed by atoms with Crippen LogP contribution in [0, 0.1) is 6.92 Å². The molecule has 1 aliphatic rings. The highest BCUT2D eigenvalue weighted by atomic mass is 16.3. The van der Waals surface area contributed by atoms with Crippen LogP contribution in [0.15, 0.2) is 54.6 Å². The van der Waals surface area contributed by atoms with E-state index in [0.29, 0.717) is 12.0 Å². The summed E-state index contributed by atoms with van der Waals surface area (Å²) >= 11 is 0. The van der Waals surface area contributed by atoms with E-state index in [1.54, 1.807) is 0 Å². The molecule has 2 aromatic carbocycles. The van der Waals surface area contributed by atoms with E-state index in [-0.39, 0.29) is 6.10 Å². The zero-order valence-corrected chi connectivity index (χ0v) is 14.2. The van der Waals surface area contributed by atoms with Gasteiger partial charge in [-0.05, 0) is 49.3 Å². The van der Waals surface area contributed by atoms with Gasteiger partial charge in [0.25, 0.3) is 0 Å². The summed E-state index contributed by atoms with van der Waals surface area (Å²) in [6.45, 7) is 6.59. The summed E-state index contributed by atoms with van der Waals surface area (Å²) in [6.07, 6.45) is 1.65. The molecule has 0 aliphatic carbocycles. The standard InChI is InChI=1S/C21H27NO/c1-16-8-6-7-11-20(16)19-14-17(2)22(15-19)13-12-21(23)18-9-4-3-5-10-18/h3-11,17,19,21,23H,12-15H2,1-2H3/t17-,19+,21+/m0/s1. The number of hydrogen-bond donors (Lipinski definition) is 1.